The zero-order chi connectivity index (χ0) is 14.3. The maximum absolute atomic E-state index is 5.80. The van der Waals surface area contributed by atoms with Gasteiger partial charge in [-0.15, -0.1) is 0 Å². The quantitative estimate of drug-likeness (QED) is 0.753. The smallest absolute Gasteiger partial charge is 0.118 e. The molecule has 0 aliphatic heterocycles. The van der Waals surface area contributed by atoms with Crippen molar-refractivity contribution in [3.8, 4) is 0 Å². The molecule has 0 spiro atoms. The van der Waals surface area contributed by atoms with E-state index in [0.29, 0.717) is 6.04 Å². The van der Waals surface area contributed by atoms with Crippen LogP contribution in [0, 0.1) is 6.92 Å². The molecule has 0 fully saturated rings. The van der Waals surface area contributed by atoms with Crippen LogP contribution in [0.25, 0.3) is 0 Å². The van der Waals surface area contributed by atoms with Crippen LogP contribution in [0.2, 0.25) is 0 Å². The predicted octanol–water partition coefficient (Wildman–Crippen LogP) is 3.27. The van der Waals surface area contributed by atoms with Crippen LogP contribution < -0.4 is 5.32 Å². The van der Waals surface area contributed by atoms with Crippen molar-refractivity contribution in [2.24, 2.45) is 0 Å². The molecule has 0 bridgehead atoms. The molecule has 4 heteroatoms. The van der Waals surface area contributed by atoms with E-state index in [1.54, 1.807) is 0 Å². The van der Waals surface area contributed by atoms with Crippen LogP contribution in [0.3, 0.4) is 0 Å². The highest BCUT2D eigenvalue weighted by molar-refractivity contribution is 7.98. The predicted molar refractivity (Wildman–Crippen MR) is 84.8 cm³/mol. The lowest BCUT2D eigenvalue weighted by Crippen LogP contribution is -2.32. The first-order chi connectivity index (χ1) is 9.12. The lowest BCUT2D eigenvalue weighted by molar-refractivity contribution is 0.246. The minimum absolute atomic E-state index is 0.640. The molecule has 1 rings (SSSR count). The van der Waals surface area contributed by atoms with Gasteiger partial charge in [0.25, 0.3) is 0 Å². The number of aryl methyl sites for hydroxylation is 1. The number of furan rings is 1. The van der Waals surface area contributed by atoms with Crippen LogP contribution >= 0.6 is 11.8 Å². The molecule has 1 N–H and O–H groups in total. The third kappa shape index (κ3) is 5.21. The van der Waals surface area contributed by atoms with Gasteiger partial charge in [-0.25, -0.2) is 0 Å². The molecule has 0 aliphatic rings. The van der Waals surface area contributed by atoms with Crippen LogP contribution in [-0.4, -0.2) is 36.5 Å². The molecule has 1 aromatic heterocycles. The summed E-state index contributed by atoms with van der Waals surface area (Å²) in [7, 11) is 2.21. The van der Waals surface area contributed by atoms with Crippen molar-refractivity contribution in [1.82, 2.24) is 10.2 Å². The van der Waals surface area contributed by atoms with E-state index in [9.17, 15) is 0 Å². The largest absolute Gasteiger partial charge is 0.465 e. The molecular formula is C15H28N2OS. The van der Waals surface area contributed by atoms with Crippen molar-refractivity contribution in [3.63, 3.8) is 0 Å². The maximum atomic E-state index is 5.80. The van der Waals surface area contributed by atoms with Crippen LogP contribution in [0.15, 0.2) is 10.5 Å². The summed E-state index contributed by atoms with van der Waals surface area (Å²) < 4.78 is 5.80. The maximum Gasteiger partial charge on any atom is 0.118 e. The molecule has 1 heterocycles. The van der Waals surface area contributed by atoms with Gasteiger partial charge in [0.2, 0.25) is 0 Å². The summed E-state index contributed by atoms with van der Waals surface area (Å²) in [5.74, 6) is 3.29. The number of hydrogen-bond donors (Lipinski definition) is 1. The summed E-state index contributed by atoms with van der Waals surface area (Å²) in [6.07, 6.45) is 3.37. The minimum Gasteiger partial charge on any atom is -0.465 e. The second-order valence-electron chi connectivity index (χ2n) is 5.01. The molecule has 0 aliphatic carbocycles. The van der Waals surface area contributed by atoms with Gasteiger partial charge in [-0.1, -0.05) is 13.8 Å². The number of thioether (sulfide) groups is 1. The second-order valence-corrected chi connectivity index (χ2v) is 5.92. The van der Waals surface area contributed by atoms with Gasteiger partial charge in [-0.05, 0) is 39.3 Å². The van der Waals surface area contributed by atoms with E-state index in [2.05, 4.69) is 50.4 Å². The third-order valence-electron chi connectivity index (χ3n) is 3.49. The van der Waals surface area contributed by atoms with E-state index in [1.807, 2.05) is 11.8 Å². The average Bonchev–Trinajstić information content (AvgIpc) is 2.74. The van der Waals surface area contributed by atoms with E-state index in [1.165, 1.54) is 17.7 Å². The van der Waals surface area contributed by atoms with Crippen molar-refractivity contribution in [2.75, 3.05) is 25.6 Å². The van der Waals surface area contributed by atoms with E-state index in [0.717, 1.165) is 31.2 Å². The Balaban J connectivity index is 2.62. The molecule has 1 unspecified atom stereocenters. The molecule has 1 aromatic rings. The molecule has 0 saturated heterocycles. The van der Waals surface area contributed by atoms with Crippen molar-refractivity contribution in [1.29, 1.82) is 0 Å². The molecule has 110 valence electrons. The lowest BCUT2D eigenvalue weighted by Gasteiger charge is -2.26. The summed E-state index contributed by atoms with van der Waals surface area (Å²) in [6, 6.07) is 2.84. The Morgan fingerprint density at radius 3 is 2.74 bits per heavy atom. The summed E-state index contributed by atoms with van der Waals surface area (Å²) >= 11 is 1.92. The zero-order valence-electron chi connectivity index (χ0n) is 13.0. The Morgan fingerprint density at radius 2 is 2.16 bits per heavy atom. The van der Waals surface area contributed by atoms with Gasteiger partial charge in [-0.2, -0.15) is 11.8 Å². The molecular weight excluding hydrogens is 256 g/mol. The molecule has 1 atom stereocenters. The standard InChI is InChI=1S/C15H28N2OS/c1-6-14(11-19-5)17(4)10-13-8-15(9-16-7-2)18-12(13)3/h8,14,16H,6-7,9-11H2,1-5H3. The molecule has 0 amide bonds. The van der Waals surface area contributed by atoms with E-state index in [-0.39, 0.29) is 0 Å². The zero-order valence-corrected chi connectivity index (χ0v) is 13.8. The number of nitrogens with zero attached hydrogens (tertiary/aromatic N) is 1. The minimum atomic E-state index is 0.640. The van der Waals surface area contributed by atoms with Crippen molar-refractivity contribution in [3.05, 3.63) is 23.2 Å². The first-order valence-electron chi connectivity index (χ1n) is 7.10. The summed E-state index contributed by atoms with van der Waals surface area (Å²) in [4.78, 5) is 2.44. The number of rotatable bonds is 9. The number of hydrogen-bond acceptors (Lipinski definition) is 4. The summed E-state index contributed by atoms with van der Waals surface area (Å²) in [5, 5.41) is 3.30. The first-order valence-corrected chi connectivity index (χ1v) is 8.49. The Morgan fingerprint density at radius 1 is 1.42 bits per heavy atom. The second kappa shape index (κ2) is 8.67. The fraction of sp³-hybridized carbons (Fsp3) is 0.733. The van der Waals surface area contributed by atoms with Crippen molar-refractivity contribution in [2.45, 2.75) is 46.3 Å². The van der Waals surface area contributed by atoms with Crippen LogP contribution in [0.4, 0.5) is 0 Å². The van der Waals surface area contributed by atoms with Gasteiger partial charge in [0.05, 0.1) is 6.54 Å². The highest BCUT2D eigenvalue weighted by Crippen LogP contribution is 2.18. The van der Waals surface area contributed by atoms with E-state index in [4.69, 9.17) is 4.42 Å². The highest BCUT2D eigenvalue weighted by Gasteiger charge is 2.15. The normalized spacial score (nSPS) is 13.2. The van der Waals surface area contributed by atoms with Crippen LogP contribution in [0.1, 0.15) is 37.4 Å². The summed E-state index contributed by atoms with van der Waals surface area (Å²) in [5.41, 5.74) is 1.31. The van der Waals surface area contributed by atoms with Gasteiger partial charge in [0.1, 0.15) is 11.5 Å². The van der Waals surface area contributed by atoms with E-state index < -0.39 is 0 Å². The Kier molecular flexibility index (Phi) is 7.57. The monoisotopic (exact) mass is 284 g/mol. The Bertz CT molecular complexity index is 365. The SMILES string of the molecule is CCNCc1cc(CN(C)C(CC)CSC)c(C)o1. The van der Waals surface area contributed by atoms with Crippen LogP contribution in [0.5, 0.6) is 0 Å². The topological polar surface area (TPSA) is 28.4 Å². The molecule has 0 aromatic carbocycles. The van der Waals surface area contributed by atoms with Gasteiger partial charge in [0, 0.05) is 23.9 Å². The Hall–Kier alpha value is -0.450. The van der Waals surface area contributed by atoms with E-state index >= 15 is 0 Å². The highest BCUT2D eigenvalue weighted by atomic mass is 32.2. The number of nitrogens with one attached hydrogen (secondary N) is 1. The first kappa shape index (κ1) is 16.6. The Labute approximate surface area is 122 Å². The molecule has 0 saturated carbocycles. The average molecular weight is 284 g/mol. The summed E-state index contributed by atoms with van der Waals surface area (Å²) in [6.45, 7) is 9.20. The van der Waals surface area contributed by atoms with Gasteiger partial charge in [-0.3, -0.25) is 4.90 Å². The van der Waals surface area contributed by atoms with Crippen molar-refractivity contribution >= 4 is 11.8 Å². The van der Waals surface area contributed by atoms with Gasteiger partial charge in [0.15, 0.2) is 0 Å². The van der Waals surface area contributed by atoms with Gasteiger partial charge < -0.3 is 9.73 Å². The molecule has 19 heavy (non-hydrogen) atoms. The fourth-order valence-corrected chi connectivity index (χ4v) is 3.10. The third-order valence-corrected chi connectivity index (χ3v) is 4.21. The lowest BCUT2D eigenvalue weighted by atomic mass is 10.2. The fourth-order valence-electron chi connectivity index (χ4n) is 2.23. The molecule has 0 radical (unpaired) electrons. The van der Waals surface area contributed by atoms with Crippen LogP contribution in [-0.2, 0) is 13.1 Å². The molecule has 3 nitrogen and oxygen atoms in total. The van der Waals surface area contributed by atoms with Crippen molar-refractivity contribution < 1.29 is 4.42 Å². The van der Waals surface area contributed by atoms with Gasteiger partial charge >= 0.3 is 0 Å².